The predicted octanol–water partition coefficient (Wildman–Crippen LogP) is 5.63. The van der Waals surface area contributed by atoms with E-state index in [4.69, 9.17) is 23.2 Å². The number of ketones is 1. The summed E-state index contributed by atoms with van der Waals surface area (Å²) in [5, 5.41) is 12.0. The number of alkyl halides is 6. The molecule has 0 aliphatic heterocycles. The highest BCUT2D eigenvalue weighted by molar-refractivity contribution is 8.00. The van der Waals surface area contributed by atoms with E-state index in [2.05, 4.69) is 10.1 Å². The van der Waals surface area contributed by atoms with Crippen molar-refractivity contribution in [2.45, 2.75) is 16.6 Å². The molecule has 0 bridgehead atoms. The van der Waals surface area contributed by atoms with Crippen molar-refractivity contribution < 1.29 is 31.1 Å². The van der Waals surface area contributed by atoms with Crippen LogP contribution in [0.4, 0.5) is 32.2 Å². The molecular formula is C16H9Cl2F6N5OS. The average molecular weight is 504 g/mol. The van der Waals surface area contributed by atoms with Gasteiger partial charge in [0.1, 0.15) is 17.3 Å². The van der Waals surface area contributed by atoms with Crippen LogP contribution in [-0.4, -0.2) is 52.6 Å². The zero-order valence-corrected chi connectivity index (χ0v) is 17.6. The van der Waals surface area contributed by atoms with Crippen LogP contribution in [0.1, 0.15) is 16.1 Å². The summed E-state index contributed by atoms with van der Waals surface area (Å²) in [6.07, 6.45) is -4.33. The Morgan fingerprint density at radius 3 is 2.19 bits per heavy atom. The van der Waals surface area contributed by atoms with Crippen molar-refractivity contribution in [2.75, 3.05) is 14.1 Å². The van der Waals surface area contributed by atoms with Crippen molar-refractivity contribution in [1.82, 2.24) is 14.7 Å². The van der Waals surface area contributed by atoms with Crippen LogP contribution in [0.15, 0.2) is 22.0 Å². The smallest absolute Gasteiger partial charge is 0.369 e. The van der Waals surface area contributed by atoms with Crippen LogP contribution in [0.25, 0.3) is 5.69 Å². The Labute approximate surface area is 185 Å². The van der Waals surface area contributed by atoms with Crippen LogP contribution in [0.3, 0.4) is 0 Å². The van der Waals surface area contributed by atoms with E-state index in [1.807, 2.05) is 0 Å². The number of benzene rings is 1. The summed E-state index contributed by atoms with van der Waals surface area (Å²) in [6.45, 7) is 0. The van der Waals surface area contributed by atoms with Crippen LogP contribution in [0, 0.1) is 11.3 Å². The monoisotopic (exact) mass is 503 g/mol. The molecule has 31 heavy (non-hydrogen) atoms. The van der Waals surface area contributed by atoms with Gasteiger partial charge in [-0.1, -0.05) is 23.2 Å². The SMILES string of the molecule is CN(C)/C=N\c1c(C(=O)C(F)(F)F)c(C#N)nn1-c1c(Cl)cc(SC(F)(F)F)cc1Cl. The van der Waals surface area contributed by atoms with Gasteiger partial charge in [0.15, 0.2) is 11.5 Å². The number of carbonyl (C=O) groups excluding carboxylic acids is 1. The van der Waals surface area contributed by atoms with Crippen LogP contribution >= 0.6 is 35.0 Å². The van der Waals surface area contributed by atoms with Gasteiger partial charge < -0.3 is 4.90 Å². The molecule has 0 amide bonds. The Morgan fingerprint density at radius 1 is 1.23 bits per heavy atom. The minimum Gasteiger partial charge on any atom is -0.369 e. The lowest BCUT2D eigenvalue weighted by molar-refractivity contribution is -0.0885. The number of aliphatic imine (C=N–C) groups is 1. The van der Waals surface area contributed by atoms with E-state index < -0.39 is 61.2 Å². The van der Waals surface area contributed by atoms with E-state index in [1.165, 1.54) is 25.1 Å². The summed E-state index contributed by atoms with van der Waals surface area (Å²) in [5.41, 5.74) is -7.09. The highest BCUT2D eigenvalue weighted by atomic mass is 35.5. The second-order valence-electron chi connectivity index (χ2n) is 5.89. The van der Waals surface area contributed by atoms with Gasteiger partial charge in [0.05, 0.1) is 16.4 Å². The van der Waals surface area contributed by atoms with Gasteiger partial charge in [0.25, 0.3) is 5.78 Å². The molecule has 0 saturated carbocycles. The van der Waals surface area contributed by atoms with Crippen molar-refractivity contribution in [2.24, 2.45) is 4.99 Å². The van der Waals surface area contributed by atoms with Gasteiger partial charge in [-0.25, -0.2) is 9.67 Å². The first kappa shape index (κ1) is 24.8. The molecule has 1 aromatic heterocycles. The van der Waals surface area contributed by atoms with E-state index in [-0.39, 0.29) is 5.69 Å². The Balaban J connectivity index is 2.82. The molecule has 0 aliphatic rings. The fraction of sp³-hybridized carbons (Fsp3) is 0.250. The number of nitrogens with zero attached hydrogens (tertiary/aromatic N) is 5. The van der Waals surface area contributed by atoms with E-state index in [9.17, 15) is 36.4 Å². The molecule has 166 valence electrons. The molecule has 0 atom stereocenters. The standard InChI is InChI=1S/C16H9Cl2F6N5OS/c1-28(2)6-26-14-11(13(30)15(19,20)21)10(5-25)27-29(14)12-8(17)3-7(4-9(12)18)31-16(22,23)24/h3-4,6H,1-2H3/b26-6-. The Hall–Kier alpha value is -2.43. The lowest BCUT2D eigenvalue weighted by atomic mass is 10.1. The minimum atomic E-state index is -5.36. The molecule has 0 fully saturated rings. The molecule has 2 rings (SSSR count). The molecule has 6 nitrogen and oxygen atoms in total. The first-order valence-corrected chi connectivity index (χ1v) is 9.33. The maximum absolute atomic E-state index is 13.1. The quantitative estimate of drug-likeness (QED) is 0.174. The molecule has 2 aromatic rings. The zero-order chi connectivity index (χ0) is 23.7. The fourth-order valence-electron chi connectivity index (χ4n) is 2.22. The number of rotatable bonds is 5. The second-order valence-corrected chi connectivity index (χ2v) is 7.84. The van der Waals surface area contributed by atoms with Gasteiger partial charge in [-0.2, -0.15) is 36.7 Å². The topological polar surface area (TPSA) is 74.3 Å². The minimum absolute atomic E-state index is 0.363. The number of aromatic nitrogens is 2. The Kier molecular flexibility index (Phi) is 7.19. The number of carbonyl (C=O) groups is 1. The number of hydrogen-bond donors (Lipinski definition) is 0. The Morgan fingerprint density at radius 2 is 1.77 bits per heavy atom. The van der Waals surface area contributed by atoms with Crippen LogP contribution in [-0.2, 0) is 0 Å². The molecule has 0 radical (unpaired) electrons. The van der Waals surface area contributed by atoms with Gasteiger partial charge >= 0.3 is 11.7 Å². The number of hydrogen-bond acceptors (Lipinski definition) is 5. The third kappa shape index (κ3) is 5.84. The molecular weight excluding hydrogens is 495 g/mol. The molecule has 0 N–H and O–H groups in total. The molecule has 1 heterocycles. The summed E-state index contributed by atoms with van der Waals surface area (Å²) in [4.78, 5) is 16.6. The second kappa shape index (κ2) is 8.97. The van der Waals surface area contributed by atoms with E-state index in [0.717, 1.165) is 18.5 Å². The summed E-state index contributed by atoms with van der Waals surface area (Å²) in [7, 11) is 2.95. The lowest BCUT2D eigenvalue weighted by Gasteiger charge is -2.13. The van der Waals surface area contributed by atoms with Gasteiger partial charge in [-0.05, 0) is 23.9 Å². The van der Waals surface area contributed by atoms with Crippen molar-refractivity contribution in [3.8, 4) is 11.8 Å². The number of Topliss-reactive ketones (excluding diaryl/α,β-unsaturated/α-hetero) is 1. The average Bonchev–Trinajstić information content (AvgIpc) is 2.94. The van der Waals surface area contributed by atoms with Gasteiger partial charge in [-0.3, -0.25) is 4.79 Å². The number of nitriles is 1. The third-order valence-corrected chi connectivity index (χ3v) is 4.58. The van der Waals surface area contributed by atoms with Gasteiger partial charge in [0, 0.05) is 19.0 Å². The van der Waals surface area contributed by atoms with Gasteiger partial charge in [0.2, 0.25) is 0 Å². The zero-order valence-electron chi connectivity index (χ0n) is 15.3. The maximum atomic E-state index is 13.1. The molecule has 0 aliphatic carbocycles. The van der Waals surface area contributed by atoms with E-state index in [0.29, 0.717) is 4.68 Å². The maximum Gasteiger partial charge on any atom is 0.455 e. The first-order chi connectivity index (χ1) is 14.2. The molecule has 0 unspecified atom stereocenters. The summed E-state index contributed by atoms with van der Waals surface area (Å²) >= 11 is 11.5. The largest absolute Gasteiger partial charge is 0.455 e. The fourth-order valence-corrected chi connectivity index (χ4v) is 3.62. The number of halogens is 8. The first-order valence-electron chi connectivity index (χ1n) is 7.76. The highest BCUT2D eigenvalue weighted by Gasteiger charge is 2.44. The molecule has 1 aromatic carbocycles. The van der Waals surface area contributed by atoms with Crippen molar-refractivity contribution >= 4 is 52.9 Å². The Bertz CT molecular complexity index is 1060. The van der Waals surface area contributed by atoms with Crippen molar-refractivity contribution in [3.05, 3.63) is 33.4 Å². The van der Waals surface area contributed by atoms with Crippen molar-refractivity contribution in [1.29, 1.82) is 5.26 Å². The van der Waals surface area contributed by atoms with Crippen LogP contribution < -0.4 is 0 Å². The third-order valence-electron chi connectivity index (χ3n) is 3.30. The van der Waals surface area contributed by atoms with Gasteiger partial charge in [-0.15, -0.1) is 0 Å². The summed E-state index contributed by atoms with van der Waals surface area (Å²) in [5.74, 6) is -3.12. The lowest BCUT2D eigenvalue weighted by Crippen LogP contribution is -2.23. The molecule has 0 saturated heterocycles. The number of thioether (sulfide) groups is 1. The van der Waals surface area contributed by atoms with E-state index in [1.54, 1.807) is 0 Å². The normalized spacial score (nSPS) is 12.3. The highest BCUT2D eigenvalue weighted by Crippen LogP contribution is 2.43. The molecule has 15 heteroatoms. The predicted molar refractivity (Wildman–Crippen MR) is 102 cm³/mol. The van der Waals surface area contributed by atoms with E-state index >= 15 is 0 Å². The van der Waals surface area contributed by atoms with Crippen molar-refractivity contribution in [3.63, 3.8) is 0 Å². The summed E-state index contributed by atoms with van der Waals surface area (Å²) < 4.78 is 77.8. The van der Waals surface area contributed by atoms with Crippen LogP contribution in [0.2, 0.25) is 10.0 Å². The molecule has 0 spiro atoms. The van der Waals surface area contributed by atoms with Crippen LogP contribution in [0.5, 0.6) is 0 Å². The summed E-state index contributed by atoms with van der Waals surface area (Å²) in [6, 6.07) is 3.09.